The minimum absolute atomic E-state index is 0.00567. The van der Waals surface area contributed by atoms with Gasteiger partial charge in [-0.05, 0) is 19.1 Å². The number of hydrogen-bond acceptors (Lipinski definition) is 6. The van der Waals surface area contributed by atoms with Crippen LogP contribution in [0.4, 0.5) is 0 Å². The maximum atomic E-state index is 11.7. The van der Waals surface area contributed by atoms with E-state index in [2.05, 4.69) is 15.2 Å². The van der Waals surface area contributed by atoms with Crippen molar-refractivity contribution in [1.29, 1.82) is 0 Å². The average Bonchev–Trinajstić information content (AvgIpc) is 2.87. The summed E-state index contributed by atoms with van der Waals surface area (Å²) in [4.78, 5) is 17.3. The van der Waals surface area contributed by atoms with E-state index >= 15 is 0 Å². The van der Waals surface area contributed by atoms with E-state index < -0.39 is 0 Å². The molecule has 2 heterocycles. The van der Waals surface area contributed by atoms with E-state index in [1.807, 2.05) is 6.07 Å². The number of rotatable bonds is 4. The highest BCUT2D eigenvalue weighted by Gasteiger charge is 2.19. The van der Waals surface area contributed by atoms with E-state index in [0.717, 1.165) is 5.56 Å². The number of thioether (sulfide) groups is 1. The van der Waals surface area contributed by atoms with Crippen LogP contribution in [0.1, 0.15) is 6.92 Å². The number of pyridine rings is 1. The van der Waals surface area contributed by atoms with Gasteiger partial charge in [-0.15, -0.1) is 10.2 Å². The lowest BCUT2D eigenvalue weighted by atomic mass is 10.3. The van der Waals surface area contributed by atoms with Crippen LogP contribution in [0.3, 0.4) is 0 Å². The minimum atomic E-state index is -0.266. The van der Waals surface area contributed by atoms with Gasteiger partial charge in [0.1, 0.15) is 0 Å². The Morgan fingerprint density at radius 2 is 2.21 bits per heavy atom. The zero-order chi connectivity index (χ0) is 13.8. The van der Waals surface area contributed by atoms with Crippen molar-refractivity contribution in [3.63, 3.8) is 0 Å². The van der Waals surface area contributed by atoms with Gasteiger partial charge in [0.2, 0.25) is 11.8 Å². The molecule has 0 fully saturated rings. The molecule has 19 heavy (non-hydrogen) atoms. The largest absolute Gasteiger partial charge is 0.411 e. The summed E-state index contributed by atoms with van der Waals surface area (Å²) in [5.74, 6) is 0.409. The second kappa shape index (κ2) is 5.83. The molecule has 1 atom stereocenters. The quantitative estimate of drug-likeness (QED) is 0.793. The normalized spacial score (nSPS) is 12.2. The van der Waals surface area contributed by atoms with E-state index in [0.29, 0.717) is 11.1 Å². The van der Waals surface area contributed by atoms with Crippen molar-refractivity contribution in [2.24, 2.45) is 0 Å². The Morgan fingerprint density at radius 3 is 2.84 bits per heavy atom. The smallest absolute Gasteiger partial charge is 0.277 e. The highest BCUT2D eigenvalue weighted by molar-refractivity contribution is 8.00. The van der Waals surface area contributed by atoms with Crippen LogP contribution in [0.2, 0.25) is 0 Å². The predicted molar refractivity (Wildman–Crippen MR) is 71.5 cm³/mol. The second-order valence-corrected chi connectivity index (χ2v) is 5.40. The minimum Gasteiger partial charge on any atom is -0.411 e. The van der Waals surface area contributed by atoms with Crippen molar-refractivity contribution in [3.8, 4) is 11.5 Å². The molecule has 2 aromatic heterocycles. The van der Waals surface area contributed by atoms with Gasteiger partial charge in [0, 0.05) is 26.5 Å². The first-order valence-electron chi connectivity index (χ1n) is 5.69. The number of aromatic nitrogens is 3. The summed E-state index contributed by atoms with van der Waals surface area (Å²) in [5, 5.41) is 7.97. The highest BCUT2D eigenvalue weighted by atomic mass is 32.2. The van der Waals surface area contributed by atoms with Gasteiger partial charge in [-0.3, -0.25) is 9.78 Å². The molecule has 2 rings (SSSR count). The summed E-state index contributed by atoms with van der Waals surface area (Å²) in [6.45, 7) is 1.81. The molecular formula is C12H14N4O2S. The molecule has 0 aliphatic heterocycles. The second-order valence-electron chi connectivity index (χ2n) is 4.11. The molecule has 0 aliphatic rings. The van der Waals surface area contributed by atoms with Gasteiger partial charge >= 0.3 is 0 Å². The van der Waals surface area contributed by atoms with Crippen molar-refractivity contribution in [3.05, 3.63) is 24.5 Å². The first-order valence-corrected chi connectivity index (χ1v) is 6.57. The molecule has 0 aliphatic carbocycles. The van der Waals surface area contributed by atoms with E-state index in [-0.39, 0.29) is 11.2 Å². The Kier molecular flexibility index (Phi) is 4.16. The van der Waals surface area contributed by atoms with Crippen LogP contribution in [0.5, 0.6) is 0 Å². The van der Waals surface area contributed by atoms with Gasteiger partial charge in [-0.25, -0.2) is 0 Å². The lowest BCUT2D eigenvalue weighted by Gasteiger charge is -2.14. The molecule has 0 saturated carbocycles. The third-order valence-corrected chi connectivity index (χ3v) is 3.30. The van der Waals surface area contributed by atoms with Crippen molar-refractivity contribution in [2.45, 2.75) is 17.4 Å². The SMILES string of the molecule is C[C@@H](Sc1nnc(-c2cccnc2)o1)C(=O)N(C)C. The topological polar surface area (TPSA) is 72.1 Å². The van der Waals surface area contributed by atoms with Crippen molar-refractivity contribution >= 4 is 17.7 Å². The van der Waals surface area contributed by atoms with E-state index in [4.69, 9.17) is 4.42 Å². The molecule has 7 heteroatoms. The van der Waals surface area contributed by atoms with Crippen molar-refractivity contribution in [1.82, 2.24) is 20.1 Å². The highest BCUT2D eigenvalue weighted by Crippen LogP contribution is 2.26. The number of hydrogen-bond donors (Lipinski definition) is 0. The third kappa shape index (κ3) is 3.31. The zero-order valence-electron chi connectivity index (χ0n) is 10.9. The van der Waals surface area contributed by atoms with Gasteiger partial charge in [0.05, 0.1) is 10.8 Å². The van der Waals surface area contributed by atoms with E-state index in [9.17, 15) is 4.79 Å². The molecule has 2 aromatic rings. The van der Waals surface area contributed by atoms with Crippen molar-refractivity contribution in [2.75, 3.05) is 14.1 Å². The summed E-state index contributed by atoms with van der Waals surface area (Å²) in [6, 6.07) is 3.63. The van der Waals surface area contributed by atoms with Crippen LogP contribution in [0.25, 0.3) is 11.5 Å². The number of carbonyl (C=O) groups is 1. The third-order valence-electron chi connectivity index (χ3n) is 2.38. The Labute approximate surface area is 115 Å². The Morgan fingerprint density at radius 1 is 1.42 bits per heavy atom. The first-order chi connectivity index (χ1) is 9.08. The van der Waals surface area contributed by atoms with Crippen LogP contribution in [0, 0.1) is 0 Å². The standard InChI is InChI=1S/C12H14N4O2S/c1-8(11(17)16(2)3)19-12-15-14-10(18-12)9-5-4-6-13-7-9/h4-8H,1-3H3/t8-/m1/s1. The number of nitrogens with zero attached hydrogens (tertiary/aromatic N) is 4. The molecule has 1 amide bonds. The fourth-order valence-corrected chi connectivity index (χ4v) is 2.26. The molecule has 6 nitrogen and oxygen atoms in total. The van der Waals surface area contributed by atoms with Gasteiger partial charge in [-0.1, -0.05) is 11.8 Å². The van der Waals surface area contributed by atoms with Gasteiger partial charge in [0.15, 0.2) is 0 Å². The maximum Gasteiger partial charge on any atom is 0.277 e. The molecule has 0 N–H and O–H groups in total. The van der Waals surface area contributed by atoms with Crippen LogP contribution in [0.15, 0.2) is 34.2 Å². The first kappa shape index (κ1) is 13.5. The number of amides is 1. The summed E-state index contributed by atoms with van der Waals surface area (Å²) < 4.78 is 5.50. The maximum absolute atomic E-state index is 11.7. The fourth-order valence-electron chi connectivity index (χ4n) is 1.43. The predicted octanol–water partition coefficient (Wildman–Crippen LogP) is 1.70. The Balaban J connectivity index is 2.08. The molecule has 0 saturated heterocycles. The summed E-state index contributed by atoms with van der Waals surface area (Å²) >= 11 is 1.24. The molecule has 0 radical (unpaired) electrons. The molecule has 100 valence electrons. The lowest BCUT2D eigenvalue weighted by molar-refractivity contribution is -0.127. The fraction of sp³-hybridized carbons (Fsp3) is 0.333. The summed E-state index contributed by atoms with van der Waals surface area (Å²) in [5.41, 5.74) is 0.758. The van der Waals surface area contributed by atoms with Crippen LogP contribution in [-0.2, 0) is 4.79 Å². The van der Waals surface area contributed by atoms with E-state index in [1.54, 1.807) is 39.5 Å². The molecule has 0 unspecified atom stereocenters. The average molecular weight is 278 g/mol. The summed E-state index contributed by atoms with van der Waals surface area (Å²) in [6.07, 6.45) is 3.32. The van der Waals surface area contributed by atoms with Gasteiger partial charge in [-0.2, -0.15) is 0 Å². The molecule has 0 spiro atoms. The van der Waals surface area contributed by atoms with E-state index in [1.165, 1.54) is 16.7 Å². The van der Waals surface area contributed by atoms with Crippen LogP contribution < -0.4 is 0 Å². The lowest BCUT2D eigenvalue weighted by Crippen LogP contribution is -2.29. The van der Waals surface area contributed by atoms with Crippen molar-refractivity contribution < 1.29 is 9.21 Å². The van der Waals surface area contributed by atoms with Crippen LogP contribution >= 0.6 is 11.8 Å². The van der Waals surface area contributed by atoms with Crippen LogP contribution in [-0.4, -0.2) is 45.3 Å². The van der Waals surface area contributed by atoms with Gasteiger partial charge < -0.3 is 9.32 Å². The zero-order valence-corrected chi connectivity index (χ0v) is 11.7. The summed E-state index contributed by atoms with van der Waals surface area (Å²) in [7, 11) is 3.43. The monoisotopic (exact) mass is 278 g/mol. The molecule has 0 aromatic carbocycles. The molecule has 0 bridgehead atoms. The molecular weight excluding hydrogens is 264 g/mol. The Bertz CT molecular complexity index is 556. The van der Waals surface area contributed by atoms with Gasteiger partial charge in [0.25, 0.3) is 5.22 Å². The number of carbonyl (C=O) groups excluding carboxylic acids is 1. The Hall–Kier alpha value is -1.89.